The number of amides is 2. The molecule has 9 heteroatoms. The zero-order chi connectivity index (χ0) is 24.4. The van der Waals surface area contributed by atoms with Crippen LogP contribution in [0.25, 0.3) is 6.08 Å². The Bertz CT molecular complexity index is 1310. The van der Waals surface area contributed by atoms with E-state index in [9.17, 15) is 14.0 Å². The third-order valence-electron chi connectivity index (χ3n) is 5.50. The van der Waals surface area contributed by atoms with Gasteiger partial charge in [-0.3, -0.25) is 14.5 Å². The Morgan fingerprint density at radius 2 is 1.80 bits per heavy atom. The van der Waals surface area contributed by atoms with Crippen molar-refractivity contribution in [2.24, 2.45) is 0 Å². The summed E-state index contributed by atoms with van der Waals surface area (Å²) in [5.74, 6) is -0.119. The van der Waals surface area contributed by atoms with E-state index < -0.39 is 17.6 Å². The van der Waals surface area contributed by atoms with Crippen molar-refractivity contribution in [1.29, 1.82) is 0 Å². The highest BCUT2D eigenvalue weighted by atomic mass is 35.5. The van der Waals surface area contributed by atoms with Gasteiger partial charge in [-0.2, -0.15) is 0 Å². The van der Waals surface area contributed by atoms with Gasteiger partial charge in [0, 0.05) is 5.56 Å². The molecule has 0 spiro atoms. The number of fused-ring (bicyclic) bond motifs is 2. The lowest BCUT2D eigenvalue weighted by molar-refractivity contribution is -0.123. The van der Waals surface area contributed by atoms with Gasteiger partial charge in [-0.15, -0.1) is 0 Å². The lowest BCUT2D eigenvalue weighted by Gasteiger charge is -2.30. The van der Waals surface area contributed by atoms with Crippen molar-refractivity contribution < 1.29 is 28.2 Å². The Morgan fingerprint density at radius 3 is 2.60 bits per heavy atom. The molecule has 3 aromatic carbocycles. The maximum Gasteiger partial charge on any atom is 0.294 e. The highest BCUT2D eigenvalue weighted by Crippen LogP contribution is 2.36. The van der Waals surface area contributed by atoms with Gasteiger partial charge in [0.2, 0.25) is 5.91 Å². The highest BCUT2D eigenvalue weighted by molar-refractivity contribution is 6.32. The van der Waals surface area contributed by atoms with Crippen molar-refractivity contribution in [3.8, 4) is 17.2 Å². The minimum Gasteiger partial charge on any atom is -0.486 e. The molecule has 0 bridgehead atoms. The quantitative estimate of drug-likeness (QED) is 0.538. The van der Waals surface area contributed by atoms with E-state index in [1.54, 1.807) is 30.3 Å². The molecule has 3 aromatic rings. The first-order valence-electron chi connectivity index (χ1n) is 10.9. The number of halogens is 2. The maximum atomic E-state index is 14.3. The number of benzene rings is 3. The number of anilines is 1. The molecule has 2 aliphatic heterocycles. The second kappa shape index (κ2) is 9.68. The molecule has 0 aliphatic carbocycles. The van der Waals surface area contributed by atoms with Crippen LogP contribution in [0.4, 0.5) is 10.1 Å². The number of ether oxygens (including phenoxy) is 3. The fourth-order valence-corrected chi connectivity index (χ4v) is 4.01. The summed E-state index contributed by atoms with van der Waals surface area (Å²) in [7, 11) is 0. The Balaban J connectivity index is 1.31. The second-order valence-electron chi connectivity index (χ2n) is 7.91. The zero-order valence-corrected chi connectivity index (χ0v) is 19.1. The number of para-hydroxylation sites is 4. The standard InChI is InChI=1S/C26H20ClFN2O5/c27-18-6-5-7-19(28)17(18)12-24-26(32)30(20-8-1-2-9-21(20)35-24)14-25(31)29-13-16-15-33-22-10-3-4-11-23(22)34-16/h1-12,16H,13-15H2,(H,29,31)/b24-12-. The minimum absolute atomic E-state index is 0.0241. The summed E-state index contributed by atoms with van der Waals surface area (Å²) >= 11 is 6.11. The summed E-state index contributed by atoms with van der Waals surface area (Å²) in [6, 6.07) is 18.3. The average molecular weight is 495 g/mol. The third kappa shape index (κ3) is 4.79. The van der Waals surface area contributed by atoms with Crippen LogP contribution in [0, 0.1) is 5.82 Å². The summed E-state index contributed by atoms with van der Waals surface area (Å²) in [4.78, 5) is 27.3. The number of nitrogens with zero attached hydrogens (tertiary/aromatic N) is 1. The molecule has 2 heterocycles. The topological polar surface area (TPSA) is 77.1 Å². The van der Waals surface area contributed by atoms with Crippen LogP contribution in [0.15, 0.2) is 72.5 Å². The summed E-state index contributed by atoms with van der Waals surface area (Å²) < 4.78 is 31.6. The highest BCUT2D eigenvalue weighted by Gasteiger charge is 2.32. The lowest BCUT2D eigenvalue weighted by Crippen LogP contribution is -2.47. The van der Waals surface area contributed by atoms with Crippen molar-refractivity contribution in [2.75, 3.05) is 24.6 Å². The molecule has 7 nitrogen and oxygen atoms in total. The third-order valence-corrected chi connectivity index (χ3v) is 5.83. The van der Waals surface area contributed by atoms with Gasteiger partial charge in [0.25, 0.3) is 5.91 Å². The molecule has 1 atom stereocenters. The first-order valence-corrected chi connectivity index (χ1v) is 11.3. The van der Waals surface area contributed by atoms with Crippen LogP contribution in [-0.4, -0.2) is 37.6 Å². The monoisotopic (exact) mass is 494 g/mol. The van der Waals surface area contributed by atoms with Gasteiger partial charge in [-0.05, 0) is 42.5 Å². The molecule has 2 amide bonds. The van der Waals surface area contributed by atoms with E-state index in [0.717, 1.165) is 0 Å². The maximum absolute atomic E-state index is 14.3. The van der Waals surface area contributed by atoms with E-state index in [1.807, 2.05) is 18.2 Å². The van der Waals surface area contributed by atoms with Gasteiger partial charge in [0.1, 0.15) is 25.1 Å². The summed E-state index contributed by atoms with van der Waals surface area (Å²) in [5, 5.41) is 2.92. The van der Waals surface area contributed by atoms with Gasteiger partial charge in [0.05, 0.1) is 17.3 Å². The van der Waals surface area contributed by atoms with E-state index in [4.69, 9.17) is 25.8 Å². The summed E-state index contributed by atoms with van der Waals surface area (Å²) in [6.07, 6.45) is 0.867. The van der Waals surface area contributed by atoms with E-state index >= 15 is 0 Å². The Morgan fingerprint density at radius 1 is 1.06 bits per heavy atom. The molecular formula is C26H20ClFN2O5. The van der Waals surface area contributed by atoms with E-state index in [1.165, 1.54) is 29.2 Å². The fourth-order valence-electron chi connectivity index (χ4n) is 3.79. The van der Waals surface area contributed by atoms with Crippen molar-refractivity contribution in [3.63, 3.8) is 0 Å². The molecule has 5 rings (SSSR count). The Kier molecular flexibility index (Phi) is 6.29. The molecule has 35 heavy (non-hydrogen) atoms. The van der Waals surface area contributed by atoms with Gasteiger partial charge < -0.3 is 19.5 Å². The molecule has 0 aromatic heterocycles. The summed E-state index contributed by atoms with van der Waals surface area (Å²) in [6.45, 7) is 0.208. The Labute approximate surface area is 205 Å². The number of hydrogen-bond acceptors (Lipinski definition) is 5. The Hall–Kier alpha value is -4.04. The van der Waals surface area contributed by atoms with Crippen LogP contribution in [0.5, 0.6) is 17.2 Å². The van der Waals surface area contributed by atoms with Gasteiger partial charge in [-0.25, -0.2) is 4.39 Å². The first kappa shape index (κ1) is 22.7. The SMILES string of the molecule is O=C(CN1C(=O)/C(=C/c2c(F)cccc2Cl)Oc2ccccc21)NCC1COc2ccccc2O1. The van der Waals surface area contributed by atoms with Crippen LogP contribution in [0.2, 0.25) is 5.02 Å². The largest absolute Gasteiger partial charge is 0.486 e. The molecule has 2 aliphatic rings. The van der Waals surface area contributed by atoms with E-state index in [2.05, 4.69) is 5.32 Å². The lowest BCUT2D eigenvalue weighted by atomic mass is 10.1. The molecule has 0 radical (unpaired) electrons. The molecule has 0 saturated carbocycles. The normalized spacial score (nSPS) is 17.5. The molecule has 0 saturated heterocycles. The van der Waals surface area contributed by atoms with Crippen molar-refractivity contribution in [2.45, 2.75) is 6.10 Å². The minimum atomic E-state index is -0.596. The van der Waals surface area contributed by atoms with Crippen LogP contribution < -0.4 is 24.4 Å². The van der Waals surface area contributed by atoms with Crippen LogP contribution in [-0.2, 0) is 9.59 Å². The van der Waals surface area contributed by atoms with Crippen molar-refractivity contribution in [1.82, 2.24) is 5.32 Å². The van der Waals surface area contributed by atoms with Crippen LogP contribution in [0.1, 0.15) is 5.56 Å². The smallest absolute Gasteiger partial charge is 0.294 e. The van der Waals surface area contributed by atoms with Crippen molar-refractivity contribution in [3.05, 3.63) is 88.9 Å². The predicted octanol–water partition coefficient (Wildman–Crippen LogP) is 4.20. The predicted molar refractivity (Wildman–Crippen MR) is 128 cm³/mol. The van der Waals surface area contributed by atoms with E-state index in [0.29, 0.717) is 22.9 Å². The fraction of sp³-hybridized carbons (Fsp3) is 0.154. The molecular weight excluding hydrogens is 475 g/mol. The van der Waals surface area contributed by atoms with Gasteiger partial charge in [-0.1, -0.05) is 41.9 Å². The molecule has 178 valence electrons. The number of carbonyl (C=O) groups is 2. The van der Waals surface area contributed by atoms with Gasteiger partial charge >= 0.3 is 0 Å². The van der Waals surface area contributed by atoms with Crippen LogP contribution in [0.3, 0.4) is 0 Å². The number of nitrogens with one attached hydrogen (secondary N) is 1. The molecule has 0 fully saturated rings. The number of carbonyl (C=O) groups excluding carboxylic acids is 2. The average Bonchev–Trinajstić information content (AvgIpc) is 2.87. The first-order chi connectivity index (χ1) is 17.0. The number of hydrogen-bond donors (Lipinski definition) is 1. The molecule has 1 N–H and O–H groups in total. The van der Waals surface area contributed by atoms with E-state index in [-0.39, 0.29) is 42.1 Å². The molecule has 1 unspecified atom stereocenters. The number of rotatable bonds is 5. The zero-order valence-electron chi connectivity index (χ0n) is 18.4. The van der Waals surface area contributed by atoms with Crippen molar-refractivity contribution >= 4 is 35.2 Å². The second-order valence-corrected chi connectivity index (χ2v) is 8.31. The summed E-state index contributed by atoms with van der Waals surface area (Å²) in [5.41, 5.74) is 0.451. The van der Waals surface area contributed by atoms with Gasteiger partial charge in [0.15, 0.2) is 23.0 Å². The van der Waals surface area contributed by atoms with Crippen LogP contribution >= 0.6 is 11.6 Å².